The van der Waals surface area contributed by atoms with Gasteiger partial charge in [0.1, 0.15) is 34.5 Å². The standard InChI is InChI=1S/C34H41N3O6S/c1-21-15-24(18-27(36)20-37-44(4,40)41)17-26(34(21)43-31-11-7-29(39)8-12-31)19-32-23(3)33(22(2)16-25(32)13-14-35)42-30-9-5-28(38)6-10-30/h5-12,15-17,27,37-39H,13-14,18-20,35-36H2,1-4H3. The van der Waals surface area contributed by atoms with E-state index in [1.807, 2.05) is 26.8 Å². The summed E-state index contributed by atoms with van der Waals surface area (Å²) < 4.78 is 38.4. The van der Waals surface area contributed by atoms with E-state index in [-0.39, 0.29) is 18.0 Å². The molecule has 44 heavy (non-hydrogen) atoms. The van der Waals surface area contributed by atoms with E-state index in [2.05, 4.69) is 16.9 Å². The van der Waals surface area contributed by atoms with E-state index in [0.29, 0.717) is 43.1 Å². The second kappa shape index (κ2) is 14.1. The SMILES string of the molecule is Cc1cc(CC(N)CNS(C)(=O)=O)cc(Cc2c(CCN)cc(C)c(Oc3ccc(O)cc3)c2C)c1Oc1ccc(O)cc1. The van der Waals surface area contributed by atoms with E-state index >= 15 is 0 Å². The number of aryl methyl sites for hydroxylation is 2. The molecule has 0 bridgehead atoms. The number of nitrogens with two attached hydrogens (primary N) is 2. The van der Waals surface area contributed by atoms with Crippen molar-refractivity contribution in [3.63, 3.8) is 0 Å². The lowest BCUT2D eigenvalue weighted by Gasteiger charge is -2.22. The molecule has 9 nitrogen and oxygen atoms in total. The largest absolute Gasteiger partial charge is 0.508 e. The lowest BCUT2D eigenvalue weighted by atomic mass is 9.89. The molecule has 10 heteroatoms. The van der Waals surface area contributed by atoms with Crippen LogP contribution in [0, 0.1) is 20.8 Å². The first-order chi connectivity index (χ1) is 20.8. The zero-order chi connectivity index (χ0) is 32.0. The zero-order valence-corrected chi connectivity index (χ0v) is 26.4. The van der Waals surface area contributed by atoms with Gasteiger partial charge in [0.05, 0.1) is 6.26 Å². The van der Waals surface area contributed by atoms with Crippen LogP contribution in [-0.2, 0) is 29.3 Å². The van der Waals surface area contributed by atoms with E-state index in [1.54, 1.807) is 48.5 Å². The normalized spacial score (nSPS) is 12.2. The molecule has 1 atom stereocenters. The van der Waals surface area contributed by atoms with Gasteiger partial charge in [-0.1, -0.05) is 18.2 Å². The molecular weight excluding hydrogens is 578 g/mol. The van der Waals surface area contributed by atoms with Crippen LogP contribution in [0.2, 0.25) is 0 Å². The highest BCUT2D eigenvalue weighted by molar-refractivity contribution is 7.88. The van der Waals surface area contributed by atoms with Crippen molar-refractivity contribution in [2.75, 3.05) is 19.3 Å². The van der Waals surface area contributed by atoms with Gasteiger partial charge in [0.2, 0.25) is 10.0 Å². The molecule has 0 radical (unpaired) electrons. The van der Waals surface area contributed by atoms with Gasteiger partial charge in [0, 0.05) is 19.0 Å². The maximum atomic E-state index is 11.6. The molecule has 0 aromatic heterocycles. The number of rotatable bonds is 13. The summed E-state index contributed by atoms with van der Waals surface area (Å²) in [7, 11) is -3.36. The van der Waals surface area contributed by atoms with Crippen molar-refractivity contribution < 1.29 is 28.1 Å². The predicted molar refractivity (Wildman–Crippen MR) is 174 cm³/mol. The average molecular weight is 620 g/mol. The van der Waals surface area contributed by atoms with Crippen LogP contribution < -0.4 is 25.7 Å². The first-order valence-corrected chi connectivity index (χ1v) is 16.3. The topological polar surface area (TPSA) is 157 Å². The van der Waals surface area contributed by atoms with Gasteiger partial charge in [-0.2, -0.15) is 0 Å². The van der Waals surface area contributed by atoms with Crippen molar-refractivity contribution in [2.24, 2.45) is 11.5 Å². The Morgan fingerprint density at radius 2 is 1.36 bits per heavy atom. The summed E-state index contributed by atoms with van der Waals surface area (Å²) in [5.41, 5.74) is 19.2. The summed E-state index contributed by atoms with van der Waals surface area (Å²) in [4.78, 5) is 0. The van der Waals surface area contributed by atoms with Gasteiger partial charge in [0.25, 0.3) is 0 Å². The number of phenolic OH excluding ortho intramolecular Hbond substituents is 2. The van der Waals surface area contributed by atoms with Gasteiger partial charge in [-0.15, -0.1) is 0 Å². The molecule has 4 rings (SSSR count). The van der Waals surface area contributed by atoms with Crippen LogP contribution in [0.1, 0.15) is 38.9 Å². The van der Waals surface area contributed by atoms with Crippen molar-refractivity contribution in [3.8, 4) is 34.5 Å². The monoisotopic (exact) mass is 619 g/mol. The number of nitrogens with one attached hydrogen (secondary N) is 1. The molecule has 0 spiro atoms. The summed E-state index contributed by atoms with van der Waals surface area (Å²) in [5.74, 6) is 2.90. The minimum absolute atomic E-state index is 0.120. The van der Waals surface area contributed by atoms with Crippen LogP contribution in [0.15, 0.2) is 66.7 Å². The maximum absolute atomic E-state index is 11.6. The van der Waals surface area contributed by atoms with Gasteiger partial charge in [-0.3, -0.25) is 0 Å². The molecule has 0 heterocycles. The third kappa shape index (κ3) is 8.73. The molecule has 0 saturated carbocycles. The molecule has 0 fully saturated rings. The van der Waals surface area contributed by atoms with Crippen LogP contribution in [0.4, 0.5) is 0 Å². The molecule has 7 N–H and O–H groups in total. The van der Waals surface area contributed by atoms with Crippen molar-refractivity contribution in [2.45, 2.75) is 46.1 Å². The number of aromatic hydroxyl groups is 2. The highest BCUT2D eigenvalue weighted by atomic mass is 32.2. The molecule has 4 aromatic carbocycles. The average Bonchev–Trinajstić information content (AvgIpc) is 2.95. The van der Waals surface area contributed by atoms with Gasteiger partial charge in [0.15, 0.2) is 0 Å². The van der Waals surface area contributed by atoms with Crippen molar-refractivity contribution in [3.05, 3.63) is 106 Å². The minimum Gasteiger partial charge on any atom is -0.508 e. The first-order valence-electron chi connectivity index (χ1n) is 14.4. The fourth-order valence-corrected chi connectivity index (χ4v) is 5.80. The Balaban J connectivity index is 1.78. The Bertz CT molecular complexity index is 1710. The molecule has 0 aliphatic heterocycles. The first kappa shape index (κ1) is 32.8. The Kier molecular flexibility index (Phi) is 10.5. The van der Waals surface area contributed by atoms with Crippen molar-refractivity contribution >= 4 is 10.0 Å². The van der Waals surface area contributed by atoms with E-state index in [0.717, 1.165) is 50.9 Å². The molecule has 0 amide bonds. The Labute approximate surface area is 259 Å². The van der Waals surface area contributed by atoms with Gasteiger partial charge in [-0.25, -0.2) is 13.1 Å². The van der Waals surface area contributed by atoms with Crippen LogP contribution in [0.25, 0.3) is 0 Å². The Morgan fingerprint density at radius 3 is 1.91 bits per heavy atom. The van der Waals surface area contributed by atoms with Crippen LogP contribution >= 0.6 is 0 Å². The summed E-state index contributed by atoms with van der Waals surface area (Å²) in [6.07, 6.45) is 2.74. The summed E-state index contributed by atoms with van der Waals surface area (Å²) in [5, 5.41) is 19.5. The number of phenols is 2. The third-order valence-corrected chi connectivity index (χ3v) is 8.03. The van der Waals surface area contributed by atoms with Crippen molar-refractivity contribution in [1.82, 2.24) is 4.72 Å². The molecule has 0 aliphatic rings. The Morgan fingerprint density at radius 1 is 0.818 bits per heavy atom. The number of hydrogen-bond acceptors (Lipinski definition) is 8. The van der Waals surface area contributed by atoms with Crippen LogP contribution in [-0.4, -0.2) is 44.0 Å². The number of sulfonamides is 1. The van der Waals surface area contributed by atoms with E-state index in [1.165, 1.54) is 0 Å². The summed E-state index contributed by atoms with van der Waals surface area (Å²) in [6.45, 7) is 6.59. The molecular formula is C34H41N3O6S. The van der Waals surface area contributed by atoms with E-state index in [4.69, 9.17) is 20.9 Å². The van der Waals surface area contributed by atoms with Gasteiger partial charge >= 0.3 is 0 Å². The van der Waals surface area contributed by atoms with E-state index in [9.17, 15) is 18.6 Å². The summed E-state index contributed by atoms with van der Waals surface area (Å²) >= 11 is 0. The molecule has 0 saturated heterocycles. The number of hydrogen-bond donors (Lipinski definition) is 5. The van der Waals surface area contributed by atoms with Gasteiger partial charge in [-0.05, 0) is 128 Å². The zero-order valence-electron chi connectivity index (χ0n) is 25.6. The molecule has 4 aromatic rings. The Hall–Kier alpha value is -4.09. The molecule has 0 aliphatic carbocycles. The van der Waals surface area contributed by atoms with Crippen molar-refractivity contribution in [1.29, 1.82) is 0 Å². The predicted octanol–water partition coefficient (Wildman–Crippen LogP) is 5.12. The molecule has 234 valence electrons. The summed E-state index contributed by atoms with van der Waals surface area (Å²) in [6, 6.07) is 18.9. The smallest absolute Gasteiger partial charge is 0.208 e. The lowest BCUT2D eigenvalue weighted by molar-refractivity contribution is 0.459. The minimum atomic E-state index is -3.36. The second-order valence-electron chi connectivity index (χ2n) is 11.2. The quantitative estimate of drug-likeness (QED) is 0.138. The number of ether oxygens (including phenoxy) is 2. The fourth-order valence-electron chi connectivity index (χ4n) is 5.28. The fraction of sp³-hybridized carbons (Fsp3) is 0.294. The van der Waals surface area contributed by atoms with Crippen LogP contribution in [0.3, 0.4) is 0 Å². The lowest BCUT2D eigenvalue weighted by Crippen LogP contribution is -2.38. The number of benzene rings is 4. The molecule has 1 unspecified atom stereocenters. The third-order valence-electron chi connectivity index (χ3n) is 7.34. The highest BCUT2D eigenvalue weighted by Gasteiger charge is 2.20. The second-order valence-corrected chi connectivity index (χ2v) is 13.0. The van der Waals surface area contributed by atoms with Crippen LogP contribution in [0.5, 0.6) is 34.5 Å². The highest BCUT2D eigenvalue weighted by Crippen LogP contribution is 2.38. The maximum Gasteiger partial charge on any atom is 0.208 e. The van der Waals surface area contributed by atoms with Gasteiger partial charge < -0.3 is 31.2 Å². The van der Waals surface area contributed by atoms with E-state index < -0.39 is 16.1 Å².